The molecule has 1 fully saturated rings. The number of aliphatic hydroxyl groups excluding tert-OH is 1. The molecule has 0 aliphatic heterocycles. The Kier molecular flexibility index (Phi) is 7.81. The van der Waals surface area contributed by atoms with Gasteiger partial charge in [-0.1, -0.05) is 26.2 Å². The van der Waals surface area contributed by atoms with E-state index in [4.69, 9.17) is 5.11 Å². The van der Waals surface area contributed by atoms with Crippen molar-refractivity contribution in [2.45, 2.75) is 51.5 Å². The van der Waals surface area contributed by atoms with Gasteiger partial charge in [-0.05, 0) is 25.8 Å². The van der Waals surface area contributed by atoms with Crippen LogP contribution in [0.3, 0.4) is 0 Å². The molecule has 0 amide bonds. The van der Waals surface area contributed by atoms with Crippen molar-refractivity contribution in [2.24, 2.45) is 0 Å². The molecule has 1 aliphatic carbocycles. The van der Waals surface area contributed by atoms with Gasteiger partial charge in [-0.2, -0.15) is 0 Å². The summed E-state index contributed by atoms with van der Waals surface area (Å²) in [6, 6.07) is 0.726. The Morgan fingerprint density at radius 3 is 2.50 bits per heavy atom. The van der Waals surface area contributed by atoms with Crippen LogP contribution < -0.4 is 5.32 Å². The molecule has 1 saturated carbocycles. The van der Waals surface area contributed by atoms with Crippen molar-refractivity contribution in [3.05, 3.63) is 0 Å². The second kappa shape index (κ2) is 8.97. The van der Waals surface area contributed by atoms with Crippen LogP contribution in [0.2, 0.25) is 0 Å². The predicted molar refractivity (Wildman–Crippen MR) is 68.7 cm³/mol. The third-order valence-electron chi connectivity index (χ3n) is 3.48. The molecule has 3 nitrogen and oxygen atoms in total. The average Bonchev–Trinajstić information content (AvgIpc) is 2.34. The van der Waals surface area contributed by atoms with Crippen LogP contribution in [0.25, 0.3) is 0 Å². The van der Waals surface area contributed by atoms with Gasteiger partial charge in [0.25, 0.3) is 0 Å². The van der Waals surface area contributed by atoms with Gasteiger partial charge in [0.1, 0.15) is 0 Å². The molecule has 0 unspecified atom stereocenters. The fraction of sp³-hybridized carbons (Fsp3) is 1.00. The topological polar surface area (TPSA) is 35.5 Å². The first-order valence-corrected chi connectivity index (χ1v) is 6.94. The van der Waals surface area contributed by atoms with Crippen LogP contribution in [0.15, 0.2) is 0 Å². The van der Waals surface area contributed by atoms with E-state index in [0.717, 1.165) is 32.2 Å². The molecule has 0 aromatic rings. The highest BCUT2D eigenvalue weighted by Crippen LogP contribution is 2.21. The zero-order chi connectivity index (χ0) is 11.6. The van der Waals surface area contributed by atoms with E-state index < -0.39 is 0 Å². The van der Waals surface area contributed by atoms with E-state index in [0.29, 0.717) is 6.61 Å². The summed E-state index contributed by atoms with van der Waals surface area (Å²) >= 11 is 0. The Balaban J connectivity index is 2.22. The Morgan fingerprint density at radius 2 is 1.88 bits per heavy atom. The summed E-state index contributed by atoms with van der Waals surface area (Å²) in [6.45, 7) is 6.59. The molecule has 0 saturated heterocycles. The lowest BCUT2D eigenvalue weighted by atomic mass is 9.94. The molecule has 0 spiro atoms. The van der Waals surface area contributed by atoms with E-state index in [1.54, 1.807) is 0 Å². The Hall–Kier alpha value is -0.120. The fourth-order valence-corrected chi connectivity index (χ4v) is 2.58. The lowest BCUT2D eigenvalue weighted by Crippen LogP contribution is -2.42. The van der Waals surface area contributed by atoms with E-state index >= 15 is 0 Å². The van der Waals surface area contributed by atoms with E-state index in [1.165, 1.54) is 38.5 Å². The van der Waals surface area contributed by atoms with E-state index in [9.17, 15) is 0 Å². The molecule has 16 heavy (non-hydrogen) atoms. The summed E-state index contributed by atoms with van der Waals surface area (Å²) in [5.41, 5.74) is 0. The van der Waals surface area contributed by atoms with Gasteiger partial charge in [0.05, 0.1) is 6.61 Å². The summed E-state index contributed by atoms with van der Waals surface area (Å²) in [4.78, 5) is 2.47. The molecule has 2 N–H and O–H groups in total. The standard InChI is InChI=1S/C13H28N2O/c1-2-8-14-9-10-15(11-12-16)13-6-4-3-5-7-13/h13-14,16H,2-12H2,1H3. The van der Waals surface area contributed by atoms with E-state index in [2.05, 4.69) is 17.1 Å². The van der Waals surface area contributed by atoms with Gasteiger partial charge in [0.15, 0.2) is 0 Å². The van der Waals surface area contributed by atoms with Crippen molar-refractivity contribution < 1.29 is 5.11 Å². The smallest absolute Gasteiger partial charge is 0.0558 e. The molecule has 0 bridgehead atoms. The number of nitrogens with one attached hydrogen (secondary N) is 1. The minimum Gasteiger partial charge on any atom is -0.395 e. The van der Waals surface area contributed by atoms with Crippen LogP contribution in [-0.2, 0) is 0 Å². The van der Waals surface area contributed by atoms with Crippen molar-refractivity contribution >= 4 is 0 Å². The fourth-order valence-electron chi connectivity index (χ4n) is 2.58. The Bertz CT molecular complexity index is 158. The summed E-state index contributed by atoms with van der Waals surface area (Å²) in [5.74, 6) is 0. The number of hydrogen-bond acceptors (Lipinski definition) is 3. The second-order valence-electron chi connectivity index (χ2n) is 4.80. The number of aliphatic hydroxyl groups is 1. The van der Waals surface area contributed by atoms with Gasteiger partial charge in [0.2, 0.25) is 0 Å². The lowest BCUT2D eigenvalue weighted by molar-refractivity contribution is 0.125. The van der Waals surface area contributed by atoms with Crippen molar-refractivity contribution in [1.82, 2.24) is 10.2 Å². The molecule has 0 radical (unpaired) electrons. The molecular weight excluding hydrogens is 200 g/mol. The number of rotatable bonds is 8. The van der Waals surface area contributed by atoms with Crippen LogP contribution >= 0.6 is 0 Å². The normalized spacial score (nSPS) is 18.2. The summed E-state index contributed by atoms with van der Waals surface area (Å²) in [7, 11) is 0. The highest BCUT2D eigenvalue weighted by Gasteiger charge is 2.19. The van der Waals surface area contributed by atoms with Gasteiger partial charge in [-0.3, -0.25) is 4.90 Å². The van der Waals surface area contributed by atoms with Crippen molar-refractivity contribution in [3.8, 4) is 0 Å². The second-order valence-corrected chi connectivity index (χ2v) is 4.80. The number of hydrogen-bond donors (Lipinski definition) is 2. The summed E-state index contributed by atoms with van der Waals surface area (Å²) < 4.78 is 0. The first-order chi connectivity index (χ1) is 7.88. The minimum atomic E-state index is 0.296. The van der Waals surface area contributed by atoms with Crippen LogP contribution in [0, 0.1) is 0 Å². The largest absolute Gasteiger partial charge is 0.395 e. The molecule has 0 atom stereocenters. The van der Waals surface area contributed by atoms with E-state index in [1.807, 2.05) is 0 Å². The highest BCUT2D eigenvalue weighted by molar-refractivity contribution is 4.76. The molecule has 0 aromatic carbocycles. The Morgan fingerprint density at radius 1 is 1.12 bits per heavy atom. The lowest BCUT2D eigenvalue weighted by Gasteiger charge is -2.34. The first kappa shape index (κ1) is 13.9. The van der Waals surface area contributed by atoms with Gasteiger partial charge >= 0.3 is 0 Å². The molecule has 0 aromatic heterocycles. The molecule has 1 rings (SSSR count). The Labute approximate surface area is 100 Å². The maximum atomic E-state index is 9.11. The van der Waals surface area contributed by atoms with E-state index in [-0.39, 0.29) is 0 Å². The van der Waals surface area contributed by atoms with Crippen LogP contribution in [0.4, 0.5) is 0 Å². The highest BCUT2D eigenvalue weighted by atomic mass is 16.3. The van der Waals surface area contributed by atoms with Crippen LogP contribution in [-0.4, -0.2) is 48.8 Å². The van der Waals surface area contributed by atoms with Gasteiger partial charge in [0, 0.05) is 25.7 Å². The maximum Gasteiger partial charge on any atom is 0.0558 e. The monoisotopic (exact) mass is 228 g/mol. The zero-order valence-corrected chi connectivity index (χ0v) is 10.7. The molecular formula is C13H28N2O. The summed E-state index contributed by atoms with van der Waals surface area (Å²) in [6.07, 6.45) is 7.99. The average molecular weight is 228 g/mol. The van der Waals surface area contributed by atoms with Crippen molar-refractivity contribution in [1.29, 1.82) is 0 Å². The molecule has 96 valence electrons. The van der Waals surface area contributed by atoms with Crippen molar-refractivity contribution in [3.63, 3.8) is 0 Å². The van der Waals surface area contributed by atoms with Crippen molar-refractivity contribution in [2.75, 3.05) is 32.8 Å². The third-order valence-corrected chi connectivity index (χ3v) is 3.48. The number of nitrogens with zero attached hydrogens (tertiary/aromatic N) is 1. The zero-order valence-electron chi connectivity index (χ0n) is 10.7. The minimum absolute atomic E-state index is 0.296. The maximum absolute atomic E-state index is 9.11. The van der Waals surface area contributed by atoms with Gasteiger partial charge in [-0.25, -0.2) is 0 Å². The molecule has 0 heterocycles. The van der Waals surface area contributed by atoms with Crippen LogP contribution in [0.5, 0.6) is 0 Å². The molecule has 3 heteroatoms. The summed E-state index contributed by atoms with van der Waals surface area (Å²) in [5, 5.41) is 12.5. The van der Waals surface area contributed by atoms with Gasteiger partial charge in [-0.15, -0.1) is 0 Å². The quantitative estimate of drug-likeness (QED) is 0.620. The first-order valence-electron chi connectivity index (χ1n) is 6.94. The SMILES string of the molecule is CCCNCCN(CCO)C1CCCCC1. The van der Waals surface area contributed by atoms with Gasteiger partial charge < -0.3 is 10.4 Å². The predicted octanol–water partition coefficient (Wildman–Crippen LogP) is 1.61. The molecule has 1 aliphatic rings. The third kappa shape index (κ3) is 5.28. The van der Waals surface area contributed by atoms with Crippen LogP contribution in [0.1, 0.15) is 45.4 Å².